The van der Waals surface area contributed by atoms with Crippen molar-refractivity contribution in [2.24, 2.45) is 5.92 Å². The van der Waals surface area contributed by atoms with E-state index in [1.807, 2.05) is 0 Å². The minimum Gasteiger partial charge on any atom is -0.454 e. The Kier molecular flexibility index (Phi) is 3.64. The van der Waals surface area contributed by atoms with Crippen molar-refractivity contribution < 1.29 is 19.1 Å². The fourth-order valence-corrected chi connectivity index (χ4v) is 2.93. The number of amides is 2. The second-order valence-electron chi connectivity index (χ2n) is 5.85. The number of pyridine rings is 1. The van der Waals surface area contributed by atoms with Gasteiger partial charge in [0.15, 0.2) is 11.5 Å². The van der Waals surface area contributed by atoms with Gasteiger partial charge in [-0.25, -0.2) is 0 Å². The largest absolute Gasteiger partial charge is 0.454 e. The molecule has 0 unspecified atom stereocenters. The van der Waals surface area contributed by atoms with Crippen molar-refractivity contribution in [2.75, 3.05) is 23.6 Å². The number of benzene rings is 1. The Bertz CT molecular complexity index is 907. The third-order valence-electron chi connectivity index (χ3n) is 4.25. The van der Waals surface area contributed by atoms with Gasteiger partial charge in [-0.3, -0.25) is 14.4 Å². The maximum Gasteiger partial charge on any atom is 0.231 e. The molecule has 1 saturated heterocycles. The van der Waals surface area contributed by atoms with Crippen molar-refractivity contribution in [3.8, 4) is 11.5 Å². The highest BCUT2D eigenvalue weighted by atomic mass is 16.7. The summed E-state index contributed by atoms with van der Waals surface area (Å²) in [5.74, 6) is 0.175. The molecule has 0 radical (unpaired) electrons. The van der Waals surface area contributed by atoms with E-state index < -0.39 is 5.92 Å². The lowest BCUT2D eigenvalue weighted by Gasteiger charge is -2.17. The molecule has 25 heavy (non-hydrogen) atoms. The molecule has 128 valence electrons. The number of hydrogen-bond acceptors (Lipinski definition) is 5. The molecule has 2 aromatic rings. The summed E-state index contributed by atoms with van der Waals surface area (Å²) in [4.78, 5) is 40.7. The Morgan fingerprint density at radius 3 is 2.88 bits per heavy atom. The number of aromatic amines is 1. The van der Waals surface area contributed by atoms with E-state index in [1.54, 1.807) is 23.1 Å². The molecule has 0 spiro atoms. The minimum atomic E-state index is -0.530. The molecular weight excluding hydrogens is 326 g/mol. The van der Waals surface area contributed by atoms with Gasteiger partial charge in [-0.2, -0.15) is 0 Å². The van der Waals surface area contributed by atoms with Crippen LogP contribution in [0.3, 0.4) is 0 Å². The number of nitrogens with zero attached hydrogens (tertiary/aromatic N) is 1. The van der Waals surface area contributed by atoms with Crippen LogP contribution in [0.1, 0.15) is 6.42 Å². The zero-order valence-corrected chi connectivity index (χ0v) is 13.2. The van der Waals surface area contributed by atoms with Gasteiger partial charge in [0.1, 0.15) is 5.69 Å². The molecule has 0 aliphatic carbocycles. The number of H-pyrrole nitrogens is 1. The summed E-state index contributed by atoms with van der Waals surface area (Å²) in [5.41, 5.74) is 0.535. The van der Waals surface area contributed by atoms with Crippen LogP contribution in [0, 0.1) is 5.92 Å². The summed E-state index contributed by atoms with van der Waals surface area (Å²) in [6.07, 6.45) is 3.00. The Morgan fingerprint density at radius 2 is 2.04 bits per heavy atom. The van der Waals surface area contributed by atoms with Crippen molar-refractivity contribution in [1.29, 1.82) is 0 Å². The second-order valence-corrected chi connectivity index (χ2v) is 5.85. The zero-order valence-electron chi connectivity index (χ0n) is 13.2. The van der Waals surface area contributed by atoms with Crippen LogP contribution in [0.25, 0.3) is 0 Å². The van der Waals surface area contributed by atoms with Gasteiger partial charge in [-0.15, -0.1) is 0 Å². The average Bonchev–Trinajstić information content (AvgIpc) is 3.22. The van der Waals surface area contributed by atoms with Gasteiger partial charge >= 0.3 is 0 Å². The summed E-state index contributed by atoms with van der Waals surface area (Å²) < 4.78 is 10.6. The molecule has 8 nitrogen and oxygen atoms in total. The lowest BCUT2D eigenvalue weighted by atomic mass is 10.1. The van der Waals surface area contributed by atoms with Gasteiger partial charge in [0.25, 0.3) is 0 Å². The number of aromatic nitrogens is 1. The van der Waals surface area contributed by atoms with Crippen molar-refractivity contribution in [3.63, 3.8) is 0 Å². The molecule has 1 aromatic heterocycles. The number of nitrogens with one attached hydrogen (secondary N) is 2. The second kappa shape index (κ2) is 5.97. The van der Waals surface area contributed by atoms with Crippen molar-refractivity contribution in [3.05, 3.63) is 46.9 Å². The van der Waals surface area contributed by atoms with E-state index in [9.17, 15) is 14.4 Å². The molecule has 3 heterocycles. The van der Waals surface area contributed by atoms with Crippen molar-refractivity contribution in [2.45, 2.75) is 6.42 Å². The smallest absolute Gasteiger partial charge is 0.231 e. The highest BCUT2D eigenvalue weighted by molar-refractivity contribution is 6.03. The molecule has 4 rings (SSSR count). The first kappa shape index (κ1) is 15.3. The number of carbonyl (C=O) groups is 2. The molecule has 0 saturated carbocycles. The molecule has 1 fully saturated rings. The van der Waals surface area contributed by atoms with E-state index in [4.69, 9.17) is 9.47 Å². The van der Waals surface area contributed by atoms with Crippen LogP contribution >= 0.6 is 0 Å². The molecule has 8 heteroatoms. The fraction of sp³-hybridized carbons (Fsp3) is 0.235. The van der Waals surface area contributed by atoms with Crippen LogP contribution < -0.4 is 25.1 Å². The highest BCUT2D eigenvalue weighted by Crippen LogP contribution is 2.37. The van der Waals surface area contributed by atoms with Gasteiger partial charge in [0, 0.05) is 43.2 Å². The molecule has 2 N–H and O–H groups in total. The zero-order chi connectivity index (χ0) is 17.4. The number of fused-ring (bicyclic) bond motifs is 1. The summed E-state index contributed by atoms with van der Waals surface area (Å²) in [5, 5.41) is 2.58. The molecule has 0 bridgehead atoms. The molecule has 2 aliphatic rings. The van der Waals surface area contributed by atoms with Crippen LogP contribution in [0.2, 0.25) is 0 Å². The Labute approximate surface area is 142 Å². The number of carbonyl (C=O) groups excluding carboxylic acids is 2. The summed E-state index contributed by atoms with van der Waals surface area (Å²) in [6, 6.07) is 6.55. The lowest BCUT2D eigenvalue weighted by Crippen LogP contribution is -2.29. The summed E-state index contributed by atoms with van der Waals surface area (Å²) in [6.45, 7) is 0.401. The number of anilines is 2. The molecule has 2 aliphatic heterocycles. The monoisotopic (exact) mass is 341 g/mol. The first-order valence-electron chi connectivity index (χ1n) is 7.80. The van der Waals surface area contributed by atoms with E-state index in [0.717, 1.165) is 0 Å². The van der Waals surface area contributed by atoms with Gasteiger partial charge in [0.05, 0.1) is 5.92 Å². The topological polar surface area (TPSA) is 101 Å². The van der Waals surface area contributed by atoms with Crippen LogP contribution in [-0.2, 0) is 9.59 Å². The average molecular weight is 341 g/mol. The predicted octanol–water partition coefficient (Wildman–Crippen LogP) is 1.10. The Morgan fingerprint density at radius 1 is 1.20 bits per heavy atom. The van der Waals surface area contributed by atoms with Gasteiger partial charge < -0.3 is 24.7 Å². The van der Waals surface area contributed by atoms with Gasteiger partial charge in [-0.1, -0.05) is 0 Å². The van der Waals surface area contributed by atoms with Crippen molar-refractivity contribution in [1.82, 2.24) is 4.98 Å². The molecule has 1 aromatic carbocycles. The number of rotatable bonds is 3. The van der Waals surface area contributed by atoms with E-state index in [-0.39, 0.29) is 42.7 Å². The molecule has 1 atom stereocenters. The number of ether oxygens (including phenoxy) is 2. The fourth-order valence-electron chi connectivity index (χ4n) is 2.93. The maximum atomic E-state index is 12.4. The summed E-state index contributed by atoms with van der Waals surface area (Å²) >= 11 is 0. The van der Waals surface area contributed by atoms with Gasteiger partial charge in [-0.05, 0) is 12.1 Å². The Balaban J connectivity index is 1.49. The first-order valence-corrected chi connectivity index (χ1v) is 7.80. The Hall–Kier alpha value is -3.29. The SMILES string of the molecule is O=C(Nc1c[nH]ccc1=O)[C@@H]1CC(=O)N(c2ccc3c(c2)OCO3)C1. The predicted molar refractivity (Wildman–Crippen MR) is 88.7 cm³/mol. The quantitative estimate of drug-likeness (QED) is 0.870. The van der Waals surface area contributed by atoms with E-state index in [2.05, 4.69) is 10.3 Å². The summed E-state index contributed by atoms with van der Waals surface area (Å²) in [7, 11) is 0. The number of hydrogen-bond donors (Lipinski definition) is 2. The maximum absolute atomic E-state index is 12.4. The van der Waals surface area contributed by atoms with Gasteiger partial charge in [0.2, 0.25) is 24.0 Å². The molecular formula is C17H15N3O5. The van der Waals surface area contributed by atoms with Crippen LogP contribution in [-0.4, -0.2) is 30.1 Å². The lowest BCUT2D eigenvalue weighted by molar-refractivity contribution is -0.122. The normalized spacial score (nSPS) is 18.5. The first-order chi connectivity index (χ1) is 12.1. The van der Waals surface area contributed by atoms with E-state index >= 15 is 0 Å². The minimum absolute atomic E-state index is 0.0883. The van der Waals surface area contributed by atoms with Crippen LogP contribution in [0.15, 0.2) is 41.5 Å². The van der Waals surface area contributed by atoms with E-state index in [0.29, 0.717) is 17.2 Å². The van der Waals surface area contributed by atoms with Crippen molar-refractivity contribution >= 4 is 23.2 Å². The molecule has 2 amide bonds. The van der Waals surface area contributed by atoms with Crippen LogP contribution in [0.4, 0.5) is 11.4 Å². The highest BCUT2D eigenvalue weighted by Gasteiger charge is 2.35. The van der Waals surface area contributed by atoms with Crippen LogP contribution in [0.5, 0.6) is 11.5 Å². The van der Waals surface area contributed by atoms with E-state index in [1.165, 1.54) is 18.5 Å². The third-order valence-corrected chi connectivity index (χ3v) is 4.25. The standard InChI is InChI=1S/C17H15N3O5/c21-13-3-4-18-7-12(13)19-17(23)10-5-16(22)20(8-10)11-1-2-14-15(6-11)25-9-24-14/h1-4,6-7,10H,5,8-9H2,(H,18,21)(H,19,23)/t10-/m1/s1. The third kappa shape index (κ3) is 2.82.